The summed E-state index contributed by atoms with van der Waals surface area (Å²) in [7, 11) is 0. The normalized spacial score (nSPS) is 25.7. The largest absolute Gasteiger partial charge is 0.434 e. The average Bonchev–Trinajstić information content (AvgIpc) is 2.52. The van der Waals surface area contributed by atoms with Crippen molar-refractivity contribution in [1.82, 2.24) is 4.90 Å². The van der Waals surface area contributed by atoms with Crippen molar-refractivity contribution in [3.05, 3.63) is 29.8 Å². The van der Waals surface area contributed by atoms with Gasteiger partial charge < -0.3 is 14.9 Å². The second-order valence-corrected chi connectivity index (χ2v) is 6.27. The van der Waals surface area contributed by atoms with E-state index >= 15 is 0 Å². The molecular weight excluding hydrogens is 304 g/mol. The number of likely N-dealkylation sites (tertiary alicyclic amines) is 1. The van der Waals surface area contributed by atoms with E-state index in [4.69, 9.17) is 0 Å². The number of piperidine rings is 1. The summed E-state index contributed by atoms with van der Waals surface area (Å²) in [5, 5.41) is 20.1. The molecule has 0 amide bonds. The summed E-state index contributed by atoms with van der Waals surface area (Å²) >= 11 is 0. The van der Waals surface area contributed by atoms with Gasteiger partial charge in [0.1, 0.15) is 5.75 Å². The number of rotatable bonds is 7. The molecule has 1 aromatic carbocycles. The van der Waals surface area contributed by atoms with E-state index in [1.54, 1.807) is 18.2 Å². The van der Waals surface area contributed by atoms with Gasteiger partial charge >= 0.3 is 6.61 Å². The molecule has 6 heteroatoms. The summed E-state index contributed by atoms with van der Waals surface area (Å²) in [5.74, 6) is 0.179. The molecule has 0 unspecified atom stereocenters. The number of ether oxygens (including phenoxy) is 1. The second kappa shape index (κ2) is 8.04. The van der Waals surface area contributed by atoms with Crippen molar-refractivity contribution in [2.45, 2.75) is 45.4 Å². The lowest BCUT2D eigenvalue weighted by atomic mass is 9.74. The molecular formula is C17H25F2NO3. The van der Waals surface area contributed by atoms with E-state index in [0.29, 0.717) is 31.6 Å². The summed E-state index contributed by atoms with van der Waals surface area (Å²) in [4.78, 5) is 2.09. The fourth-order valence-corrected chi connectivity index (χ4v) is 3.44. The van der Waals surface area contributed by atoms with Crippen molar-refractivity contribution in [2.24, 2.45) is 5.41 Å². The van der Waals surface area contributed by atoms with Crippen LogP contribution in [-0.4, -0.2) is 47.5 Å². The number of hydrogen-bond acceptors (Lipinski definition) is 4. The topological polar surface area (TPSA) is 52.9 Å². The summed E-state index contributed by atoms with van der Waals surface area (Å²) in [6, 6.07) is 6.75. The van der Waals surface area contributed by atoms with Gasteiger partial charge in [-0.3, -0.25) is 4.90 Å². The summed E-state index contributed by atoms with van der Waals surface area (Å²) in [6.45, 7) is 0.761. The average molecular weight is 329 g/mol. The van der Waals surface area contributed by atoms with Gasteiger partial charge in [0.25, 0.3) is 0 Å². The van der Waals surface area contributed by atoms with Crippen molar-refractivity contribution in [2.75, 3.05) is 19.7 Å². The van der Waals surface area contributed by atoms with Crippen LogP contribution in [0.5, 0.6) is 5.75 Å². The van der Waals surface area contributed by atoms with Crippen LogP contribution in [0.3, 0.4) is 0 Å². The van der Waals surface area contributed by atoms with E-state index in [1.165, 1.54) is 6.07 Å². The van der Waals surface area contributed by atoms with Gasteiger partial charge in [-0.05, 0) is 18.9 Å². The molecule has 23 heavy (non-hydrogen) atoms. The van der Waals surface area contributed by atoms with E-state index in [1.807, 2.05) is 6.92 Å². The molecule has 130 valence electrons. The predicted octanol–water partition coefficient (Wildman–Crippen LogP) is 2.63. The molecule has 1 saturated heterocycles. The van der Waals surface area contributed by atoms with Gasteiger partial charge in [-0.25, -0.2) is 0 Å². The fourth-order valence-electron chi connectivity index (χ4n) is 3.44. The van der Waals surface area contributed by atoms with Gasteiger partial charge in [0.15, 0.2) is 0 Å². The van der Waals surface area contributed by atoms with Crippen molar-refractivity contribution in [3.8, 4) is 5.75 Å². The van der Waals surface area contributed by atoms with Crippen LogP contribution in [0.25, 0.3) is 0 Å². The van der Waals surface area contributed by atoms with E-state index in [9.17, 15) is 19.0 Å². The van der Waals surface area contributed by atoms with Crippen LogP contribution in [0.1, 0.15) is 31.7 Å². The highest BCUT2D eigenvalue weighted by Crippen LogP contribution is 2.35. The third kappa shape index (κ3) is 4.40. The molecule has 2 rings (SSSR count). The van der Waals surface area contributed by atoms with Crippen LogP contribution < -0.4 is 4.74 Å². The fraction of sp³-hybridized carbons (Fsp3) is 0.647. The maximum Gasteiger partial charge on any atom is 0.387 e. The molecule has 1 heterocycles. The minimum absolute atomic E-state index is 0.0757. The maximum atomic E-state index is 12.5. The Hall–Kier alpha value is -1.24. The van der Waals surface area contributed by atoms with Crippen LogP contribution >= 0.6 is 0 Å². The number of alkyl halides is 2. The Morgan fingerprint density at radius 2 is 2.13 bits per heavy atom. The third-order valence-corrected chi connectivity index (χ3v) is 4.61. The van der Waals surface area contributed by atoms with E-state index in [0.717, 1.165) is 12.8 Å². The minimum atomic E-state index is -2.85. The van der Waals surface area contributed by atoms with Gasteiger partial charge in [0.2, 0.25) is 0 Å². The Kier molecular flexibility index (Phi) is 6.33. The summed E-state index contributed by atoms with van der Waals surface area (Å²) < 4.78 is 29.6. The first-order valence-electron chi connectivity index (χ1n) is 8.04. The number of aliphatic hydroxyl groups excluding tert-OH is 2. The Balaban J connectivity index is 2.11. The van der Waals surface area contributed by atoms with Gasteiger partial charge in [-0.1, -0.05) is 31.5 Å². The number of benzene rings is 1. The molecule has 0 spiro atoms. The second-order valence-electron chi connectivity index (χ2n) is 6.27. The number of hydrogen-bond donors (Lipinski definition) is 2. The van der Waals surface area contributed by atoms with Gasteiger partial charge in [-0.15, -0.1) is 0 Å². The van der Waals surface area contributed by atoms with E-state index in [-0.39, 0.29) is 12.4 Å². The molecule has 0 saturated carbocycles. The first kappa shape index (κ1) is 18.1. The zero-order valence-corrected chi connectivity index (χ0v) is 13.4. The van der Waals surface area contributed by atoms with Gasteiger partial charge in [0.05, 0.1) is 12.7 Å². The van der Waals surface area contributed by atoms with Crippen LogP contribution in [-0.2, 0) is 6.54 Å². The number of halogens is 2. The van der Waals surface area contributed by atoms with Crippen LogP contribution in [0.2, 0.25) is 0 Å². The highest BCUT2D eigenvalue weighted by molar-refractivity contribution is 5.33. The van der Waals surface area contributed by atoms with Crippen LogP contribution in [0, 0.1) is 5.41 Å². The standard InChI is InChI=1S/C17H25F2NO3/c1-2-8-17(12-21)11-20(9-7-15(17)22)10-13-5-3-4-6-14(13)23-16(18)19/h3-6,15-16,21-22H,2,7-12H2,1H3/t15-,17+/m1/s1. The zero-order chi connectivity index (χ0) is 16.9. The molecule has 4 nitrogen and oxygen atoms in total. The minimum Gasteiger partial charge on any atom is -0.434 e. The van der Waals surface area contributed by atoms with Crippen LogP contribution in [0.4, 0.5) is 8.78 Å². The molecule has 2 N–H and O–H groups in total. The molecule has 0 aromatic heterocycles. The molecule has 1 aromatic rings. The lowest BCUT2D eigenvalue weighted by Gasteiger charge is -2.45. The van der Waals surface area contributed by atoms with E-state index in [2.05, 4.69) is 9.64 Å². The molecule has 0 radical (unpaired) electrons. The Bertz CT molecular complexity index is 500. The lowest BCUT2D eigenvalue weighted by molar-refractivity contribution is -0.0826. The quantitative estimate of drug-likeness (QED) is 0.807. The molecule has 2 atom stereocenters. The van der Waals surface area contributed by atoms with Crippen molar-refractivity contribution >= 4 is 0 Å². The Morgan fingerprint density at radius 3 is 2.78 bits per heavy atom. The predicted molar refractivity (Wildman–Crippen MR) is 83.4 cm³/mol. The van der Waals surface area contributed by atoms with Crippen LogP contribution in [0.15, 0.2) is 24.3 Å². The molecule has 1 aliphatic heterocycles. The third-order valence-electron chi connectivity index (χ3n) is 4.61. The summed E-state index contributed by atoms with van der Waals surface area (Å²) in [6.07, 6.45) is 1.64. The molecule has 0 bridgehead atoms. The number of aliphatic hydroxyl groups is 2. The van der Waals surface area contributed by atoms with Gasteiger partial charge in [-0.2, -0.15) is 8.78 Å². The zero-order valence-electron chi connectivity index (χ0n) is 13.4. The first-order chi connectivity index (χ1) is 11.0. The summed E-state index contributed by atoms with van der Waals surface area (Å²) in [5.41, 5.74) is 0.151. The maximum absolute atomic E-state index is 12.5. The highest BCUT2D eigenvalue weighted by atomic mass is 19.3. The number of nitrogens with zero attached hydrogens (tertiary/aromatic N) is 1. The molecule has 0 aliphatic carbocycles. The lowest BCUT2D eigenvalue weighted by Crippen LogP contribution is -2.53. The monoisotopic (exact) mass is 329 g/mol. The number of para-hydroxylation sites is 1. The van der Waals surface area contributed by atoms with Gasteiger partial charge in [0, 0.05) is 30.6 Å². The Labute approximate surface area is 135 Å². The SMILES string of the molecule is CCC[C@@]1(CO)CN(Cc2ccccc2OC(F)F)CC[C@H]1O. The van der Waals surface area contributed by atoms with Crippen molar-refractivity contribution < 1.29 is 23.7 Å². The first-order valence-corrected chi connectivity index (χ1v) is 8.04. The Morgan fingerprint density at radius 1 is 1.39 bits per heavy atom. The van der Waals surface area contributed by atoms with Crippen molar-refractivity contribution in [1.29, 1.82) is 0 Å². The van der Waals surface area contributed by atoms with Crippen molar-refractivity contribution in [3.63, 3.8) is 0 Å². The highest BCUT2D eigenvalue weighted by Gasteiger charge is 2.41. The molecule has 1 aliphatic rings. The van der Waals surface area contributed by atoms with E-state index < -0.39 is 18.1 Å². The smallest absolute Gasteiger partial charge is 0.387 e. The molecule has 1 fully saturated rings.